The summed E-state index contributed by atoms with van der Waals surface area (Å²) in [5.74, 6) is -0.196. The maximum atomic E-state index is 12.8. The zero-order valence-electron chi connectivity index (χ0n) is 13.5. The van der Waals surface area contributed by atoms with Crippen molar-refractivity contribution in [2.24, 2.45) is 16.2 Å². The minimum absolute atomic E-state index is 0.287. The number of ketones is 1. The Morgan fingerprint density at radius 1 is 1.14 bits per heavy atom. The average Bonchev–Trinajstić information content (AvgIpc) is 2.91. The molecule has 1 heterocycles. The fourth-order valence-corrected chi connectivity index (χ4v) is 5.31. The van der Waals surface area contributed by atoms with Gasteiger partial charge < -0.3 is 9.47 Å². The summed E-state index contributed by atoms with van der Waals surface area (Å²) in [6.45, 7) is 11.6. The highest BCUT2D eigenvalue weighted by Gasteiger charge is 2.71. The average molecular weight is 290 g/mol. The molecule has 0 aromatic carbocycles. The van der Waals surface area contributed by atoms with Crippen molar-refractivity contribution in [2.75, 3.05) is 13.2 Å². The van der Waals surface area contributed by atoms with Crippen LogP contribution >= 0.6 is 0 Å². The van der Waals surface area contributed by atoms with Crippen LogP contribution in [0.5, 0.6) is 0 Å². The number of ether oxygens (including phenoxy) is 2. The Bertz CT molecular complexity index is 509. The third kappa shape index (κ3) is 1.60. The Balaban J connectivity index is 2.20. The predicted octanol–water partition coefficient (Wildman–Crippen LogP) is 3.64. The Morgan fingerprint density at radius 2 is 1.81 bits per heavy atom. The SMILES string of the molecule is C=C=C[C@@]12CCCC(=O)[C@@]1(C)CCC1(OCCO1)C2(C)C. The van der Waals surface area contributed by atoms with Crippen molar-refractivity contribution in [3.63, 3.8) is 0 Å². The standard InChI is InChI=1S/C18H26O3/c1-5-8-17-9-6-7-14(19)16(17,4)10-11-18(15(17,2)3)20-12-13-21-18/h8H,1,6-7,9-13H2,2-4H3/t16-,17+/m1/s1. The quantitative estimate of drug-likeness (QED) is 0.692. The molecule has 1 saturated heterocycles. The molecule has 116 valence electrons. The maximum Gasteiger partial charge on any atom is 0.174 e. The van der Waals surface area contributed by atoms with E-state index in [1.54, 1.807) is 0 Å². The summed E-state index contributed by atoms with van der Waals surface area (Å²) in [4.78, 5) is 12.8. The molecule has 3 heteroatoms. The fraction of sp³-hybridized carbons (Fsp3) is 0.778. The van der Waals surface area contributed by atoms with Gasteiger partial charge in [-0.2, -0.15) is 0 Å². The molecule has 1 aliphatic heterocycles. The van der Waals surface area contributed by atoms with E-state index < -0.39 is 5.79 Å². The van der Waals surface area contributed by atoms with Gasteiger partial charge in [-0.05, 0) is 25.3 Å². The van der Waals surface area contributed by atoms with E-state index in [0.717, 1.165) is 25.7 Å². The number of hydrogen-bond acceptors (Lipinski definition) is 3. The van der Waals surface area contributed by atoms with Gasteiger partial charge in [0.15, 0.2) is 5.79 Å². The van der Waals surface area contributed by atoms with Crippen molar-refractivity contribution in [3.8, 4) is 0 Å². The summed E-state index contributed by atoms with van der Waals surface area (Å²) >= 11 is 0. The van der Waals surface area contributed by atoms with E-state index in [0.29, 0.717) is 25.4 Å². The molecule has 0 aromatic heterocycles. The van der Waals surface area contributed by atoms with Gasteiger partial charge >= 0.3 is 0 Å². The Hall–Kier alpha value is -0.890. The molecule has 0 unspecified atom stereocenters. The zero-order valence-corrected chi connectivity index (χ0v) is 13.5. The second-order valence-electron chi connectivity index (χ2n) is 7.50. The molecule has 3 aliphatic rings. The van der Waals surface area contributed by atoms with Gasteiger partial charge in [0.2, 0.25) is 0 Å². The molecule has 0 radical (unpaired) electrons. The number of fused-ring (bicyclic) bond motifs is 1. The van der Waals surface area contributed by atoms with Gasteiger partial charge in [-0.25, -0.2) is 0 Å². The molecule has 3 nitrogen and oxygen atoms in total. The van der Waals surface area contributed by atoms with Gasteiger partial charge in [-0.15, -0.1) is 5.73 Å². The van der Waals surface area contributed by atoms with Gasteiger partial charge in [0.05, 0.1) is 13.2 Å². The second kappa shape index (κ2) is 4.55. The largest absolute Gasteiger partial charge is 0.347 e. The van der Waals surface area contributed by atoms with E-state index in [-0.39, 0.29) is 16.2 Å². The minimum Gasteiger partial charge on any atom is -0.347 e. The van der Waals surface area contributed by atoms with Crippen LogP contribution in [0.3, 0.4) is 0 Å². The topological polar surface area (TPSA) is 35.5 Å². The lowest BCUT2D eigenvalue weighted by Gasteiger charge is -2.65. The van der Waals surface area contributed by atoms with Crippen LogP contribution in [-0.2, 0) is 14.3 Å². The number of hydrogen-bond donors (Lipinski definition) is 0. The summed E-state index contributed by atoms with van der Waals surface area (Å²) in [7, 11) is 0. The number of allylic oxidation sites excluding steroid dienone is 1. The van der Waals surface area contributed by atoms with Crippen LogP contribution in [0.4, 0.5) is 0 Å². The molecule has 1 spiro atoms. The summed E-state index contributed by atoms with van der Waals surface area (Å²) in [6, 6.07) is 0. The Labute approximate surface area is 127 Å². The molecular formula is C18H26O3. The molecule has 0 amide bonds. The summed E-state index contributed by atoms with van der Waals surface area (Å²) < 4.78 is 12.2. The van der Waals surface area contributed by atoms with E-state index in [2.05, 4.69) is 39.2 Å². The monoisotopic (exact) mass is 290 g/mol. The fourth-order valence-electron chi connectivity index (χ4n) is 5.31. The molecule has 2 atom stereocenters. The number of rotatable bonds is 1. The molecule has 2 saturated carbocycles. The normalized spacial score (nSPS) is 40.6. The van der Waals surface area contributed by atoms with E-state index in [9.17, 15) is 4.79 Å². The van der Waals surface area contributed by atoms with E-state index in [1.165, 1.54) is 0 Å². The highest BCUT2D eigenvalue weighted by atomic mass is 16.7. The van der Waals surface area contributed by atoms with Crippen LogP contribution in [0, 0.1) is 16.2 Å². The molecule has 2 aliphatic carbocycles. The zero-order chi connectivity index (χ0) is 15.4. The Kier molecular flexibility index (Phi) is 3.26. The lowest BCUT2D eigenvalue weighted by molar-refractivity contribution is -0.302. The van der Waals surface area contributed by atoms with Crippen molar-refractivity contribution in [1.29, 1.82) is 0 Å². The van der Waals surface area contributed by atoms with Crippen molar-refractivity contribution < 1.29 is 14.3 Å². The third-order valence-corrected chi connectivity index (χ3v) is 6.70. The lowest BCUT2D eigenvalue weighted by Crippen LogP contribution is -2.67. The Morgan fingerprint density at radius 3 is 2.43 bits per heavy atom. The number of carbonyl (C=O) groups excluding carboxylic acids is 1. The first-order valence-corrected chi connectivity index (χ1v) is 8.03. The van der Waals surface area contributed by atoms with Crippen LogP contribution in [-0.4, -0.2) is 24.8 Å². The van der Waals surface area contributed by atoms with Crippen molar-refractivity contribution in [3.05, 3.63) is 18.4 Å². The van der Waals surface area contributed by atoms with Crippen LogP contribution < -0.4 is 0 Å². The van der Waals surface area contributed by atoms with E-state index in [4.69, 9.17) is 9.47 Å². The van der Waals surface area contributed by atoms with Crippen molar-refractivity contribution >= 4 is 5.78 Å². The van der Waals surface area contributed by atoms with Crippen LogP contribution in [0.15, 0.2) is 18.4 Å². The van der Waals surface area contributed by atoms with Gasteiger partial charge in [0.1, 0.15) is 5.78 Å². The van der Waals surface area contributed by atoms with Crippen molar-refractivity contribution in [2.45, 2.75) is 58.7 Å². The highest BCUT2D eigenvalue weighted by molar-refractivity contribution is 5.87. The van der Waals surface area contributed by atoms with Gasteiger partial charge in [0.25, 0.3) is 0 Å². The molecule has 0 N–H and O–H groups in total. The lowest BCUT2D eigenvalue weighted by atomic mass is 9.40. The number of Topliss-reactive ketones (excluding diaryl/α,β-unsaturated/α-hetero) is 1. The van der Waals surface area contributed by atoms with Crippen LogP contribution in [0.25, 0.3) is 0 Å². The second-order valence-corrected chi connectivity index (χ2v) is 7.50. The molecular weight excluding hydrogens is 264 g/mol. The van der Waals surface area contributed by atoms with E-state index >= 15 is 0 Å². The molecule has 21 heavy (non-hydrogen) atoms. The maximum absolute atomic E-state index is 12.8. The molecule has 3 rings (SSSR count). The van der Waals surface area contributed by atoms with Crippen molar-refractivity contribution in [1.82, 2.24) is 0 Å². The number of carbonyl (C=O) groups is 1. The van der Waals surface area contributed by atoms with Gasteiger partial charge in [-0.3, -0.25) is 4.79 Å². The summed E-state index contributed by atoms with van der Waals surface area (Å²) in [5, 5.41) is 0. The molecule has 0 aromatic rings. The molecule has 3 fully saturated rings. The first-order valence-electron chi connectivity index (χ1n) is 8.03. The van der Waals surface area contributed by atoms with E-state index in [1.807, 2.05) is 0 Å². The van der Waals surface area contributed by atoms with Crippen LogP contribution in [0.1, 0.15) is 52.9 Å². The summed E-state index contributed by atoms with van der Waals surface area (Å²) in [6.07, 6.45) is 6.23. The van der Waals surface area contributed by atoms with Gasteiger partial charge in [0, 0.05) is 29.1 Å². The highest BCUT2D eigenvalue weighted by Crippen LogP contribution is 2.69. The van der Waals surface area contributed by atoms with Gasteiger partial charge in [-0.1, -0.05) is 27.4 Å². The first-order chi connectivity index (χ1) is 9.85. The third-order valence-electron chi connectivity index (χ3n) is 6.70. The van der Waals surface area contributed by atoms with Crippen LogP contribution in [0.2, 0.25) is 0 Å². The summed E-state index contributed by atoms with van der Waals surface area (Å²) in [5.41, 5.74) is 2.06. The first kappa shape index (κ1) is 15.0. The predicted molar refractivity (Wildman–Crippen MR) is 80.8 cm³/mol. The molecule has 0 bridgehead atoms. The smallest absolute Gasteiger partial charge is 0.174 e. The minimum atomic E-state index is -0.572.